The number of carbonyl (C=O) groups is 2. The van der Waals surface area contributed by atoms with Crippen LogP contribution in [0.1, 0.15) is 18.9 Å². The average Bonchev–Trinajstić information content (AvgIpc) is 2.64. The van der Waals surface area contributed by atoms with Crippen LogP contribution >= 0.6 is 15.9 Å². The van der Waals surface area contributed by atoms with Crippen LogP contribution in [0.15, 0.2) is 53.0 Å². The van der Waals surface area contributed by atoms with E-state index >= 15 is 0 Å². The molecular formula is C20H23BrN2O3. The van der Waals surface area contributed by atoms with E-state index < -0.39 is 0 Å². The molecule has 6 heteroatoms. The molecule has 0 bridgehead atoms. The summed E-state index contributed by atoms with van der Waals surface area (Å²) in [5.41, 5.74) is 1.73. The van der Waals surface area contributed by atoms with Gasteiger partial charge < -0.3 is 15.0 Å². The van der Waals surface area contributed by atoms with E-state index in [4.69, 9.17) is 4.74 Å². The van der Waals surface area contributed by atoms with Gasteiger partial charge in [-0.2, -0.15) is 0 Å². The van der Waals surface area contributed by atoms with Gasteiger partial charge in [-0.1, -0.05) is 34.1 Å². The zero-order chi connectivity index (χ0) is 18.9. The summed E-state index contributed by atoms with van der Waals surface area (Å²) in [5.74, 6) is 0.407. The van der Waals surface area contributed by atoms with E-state index in [-0.39, 0.29) is 18.4 Å². The molecule has 0 aliphatic rings. The fraction of sp³-hybridized carbons (Fsp3) is 0.300. The van der Waals surface area contributed by atoms with Crippen molar-refractivity contribution in [1.82, 2.24) is 4.90 Å². The van der Waals surface area contributed by atoms with Crippen LogP contribution in [0.2, 0.25) is 0 Å². The number of benzene rings is 2. The first kappa shape index (κ1) is 20.0. The number of methoxy groups -OCH3 is 1. The maximum absolute atomic E-state index is 12.4. The highest BCUT2D eigenvalue weighted by Crippen LogP contribution is 2.17. The molecule has 0 unspecified atom stereocenters. The molecule has 0 spiro atoms. The summed E-state index contributed by atoms with van der Waals surface area (Å²) in [5, 5.41) is 2.80. The smallest absolute Gasteiger partial charge is 0.243 e. The molecule has 1 N–H and O–H groups in total. The maximum atomic E-state index is 12.4. The molecule has 0 heterocycles. The zero-order valence-corrected chi connectivity index (χ0v) is 16.6. The van der Waals surface area contributed by atoms with Gasteiger partial charge in [-0.3, -0.25) is 9.59 Å². The summed E-state index contributed by atoms with van der Waals surface area (Å²) in [4.78, 5) is 26.3. The lowest BCUT2D eigenvalue weighted by molar-refractivity contribution is -0.134. The van der Waals surface area contributed by atoms with E-state index in [0.29, 0.717) is 30.8 Å². The Morgan fingerprint density at radius 2 is 1.92 bits per heavy atom. The first-order chi connectivity index (χ1) is 12.5. The number of halogens is 1. The van der Waals surface area contributed by atoms with E-state index in [1.165, 1.54) is 0 Å². The number of nitrogens with one attached hydrogen (secondary N) is 1. The van der Waals surface area contributed by atoms with Crippen LogP contribution in [-0.2, 0) is 16.0 Å². The number of nitrogens with zero attached hydrogens (tertiary/aromatic N) is 1. The van der Waals surface area contributed by atoms with Crippen LogP contribution < -0.4 is 10.1 Å². The molecule has 138 valence electrons. The summed E-state index contributed by atoms with van der Waals surface area (Å²) in [6.07, 6.45) is 1.02. The van der Waals surface area contributed by atoms with Gasteiger partial charge in [0.05, 0.1) is 13.7 Å². The summed E-state index contributed by atoms with van der Waals surface area (Å²) in [6, 6.07) is 15.0. The summed E-state index contributed by atoms with van der Waals surface area (Å²) in [7, 11) is 1.57. The van der Waals surface area contributed by atoms with Gasteiger partial charge in [-0.25, -0.2) is 0 Å². The van der Waals surface area contributed by atoms with Gasteiger partial charge in [-0.05, 0) is 43.2 Å². The summed E-state index contributed by atoms with van der Waals surface area (Å²) < 4.78 is 6.13. The zero-order valence-electron chi connectivity index (χ0n) is 15.0. The molecule has 0 radical (unpaired) electrons. The highest BCUT2D eigenvalue weighted by atomic mass is 79.9. The molecule has 0 fully saturated rings. The van der Waals surface area contributed by atoms with Crippen LogP contribution in [-0.4, -0.2) is 36.9 Å². The minimum Gasteiger partial charge on any atom is -0.497 e. The van der Waals surface area contributed by atoms with E-state index in [1.54, 1.807) is 36.3 Å². The SMILES string of the molecule is CCN(CC(=O)Nc1cccc(OC)c1)C(=O)CCc1cccc(Br)c1. The van der Waals surface area contributed by atoms with Gasteiger partial charge in [0, 0.05) is 29.2 Å². The standard InChI is InChI=1S/C20H23BrN2O3/c1-3-23(20(25)11-10-15-6-4-7-16(21)12-15)14-19(24)22-17-8-5-9-18(13-17)26-2/h4-9,12-13H,3,10-11,14H2,1-2H3,(H,22,24). The van der Waals surface area contributed by atoms with Crippen LogP contribution in [0.3, 0.4) is 0 Å². The predicted molar refractivity (Wildman–Crippen MR) is 106 cm³/mol. The maximum Gasteiger partial charge on any atom is 0.243 e. The Morgan fingerprint density at radius 3 is 2.62 bits per heavy atom. The predicted octanol–water partition coefficient (Wildman–Crippen LogP) is 3.88. The van der Waals surface area contributed by atoms with Crippen molar-refractivity contribution in [3.8, 4) is 5.75 Å². The number of carbonyl (C=O) groups excluding carboxylic acids is 2. The number of hydrogen-bond donors (Lipinski definition) is 1. The molecule has 0 aliphatic carbocycles. The van der Waals surface area contributed by atoms with E-state index in [9.17, 15) is 9.59 Å². The van der Waals surface area contributed by atoms with Crippen molar-refractivity contribution < 1.29 is 14.3 Å². The molecule has 2 amide bonds. The van der Waals surface area contributed by atoms with Crippen LogP contribution in [0.4, 0.5) is 5.69 Å². The molecular weight excluding hydrogens is 396 g/mol. The quantitative estimate of drug-likeness (QED) is 0.707. The Balaban J connectivity index is 1.88. The van der Waals surface area contributed by atoms with Gasteiger partial charge in [-0.15, -0.1) is 0 Å². The first-order valence-corrected chi connectivity index (χ1v) is 9.27. The van der Waals surface area contributed by atoms with Crippen molar-refractivity contribution >= 4 is 33.4 Å². The largest absolute Gasteiger partial charge is 0.497 e. The Hall–Kier alpha value is -2.34. The van der Waals surface area contributed by atoms with Gasteiger partial charge in [0.15, 0.2) is 0 Å². The average molecular weight is 419 g/mol. The van der Waals surface area contributed by atoms with Crippen molar-refractivity contribution in [1.29, 1.82) is 0 Å². The number of ether oxygens (including phenoxy) is 1. The molecule has 2 rings (SSSR count). The molecule has 26 heavy (non-hydrogen) atoms. The number of amides is 2. The molecule has 0 aromatic heterocycles. The summed E-state index contributed by atoms with van der Waals surface area (Å²) in [6.45, 7) is 2.39. The molecule has 0 aliphatic heterocycles. The lowest BCUT2D eigenvalue weighted by atomic mass is 10.1. The fourth-order valence-electron chi connectivity index (χ4n) is 2.55. The third-order valence-corrected chi connectivity index (χ3v) is 4.43. The topological polar surface area (TPSA) is 58.6 Å². The Kier molecular flexibility index (Phi) is 7.66. The number of likely N-dealkylation sites (N-methyl/N-ethyl adjacent to an activating group) is 1. The Bertz CT molecular complexity index is 764. The molecule has 0 saturated carbocycles. The minimum absolute atomic E-state index is 0.0328. The number of hydrogen-bond acceptors (Lipinski definition) is 3. The van der Waals surface area contributed by atoms with Crippen LogP contribution in [0.25, 0.3) is 0 Å². The van der Waals surface area contributed by atoms with Crippen molar-refractivity contribution in [2.45, 2.75) is 19.8 Å². The monoisotopic (exact) mass is 418 g/mol. The van der Waals surface area contributed by atoms with Gasteiger partial charge >= 0.3 is 0 Å². The van der Waals surface area contributed by atoms with Gasteiger partial charge in [0.25, 0.3) is 0 Å². The van der Waals surface area contributed by atoms with Crippen molar-refractivity contribution in [2.24, 2.45) is 0 Å². The van der Waals surface area contributed by atoms with Crippen molar-refractivity contribution in [3.63, 3.8) is 0 Å². The second-order valence-electron chi connectivity index (χ2n) is 5.82. The van der Waals surface area contributed by atoms with E-state index in [2.05, 4.69) is 21.2 Å². The highest BCUT2D eigenvalue weighted by Gasteiger charge is 2.15. The number of aryl methyl sites for hydroxylation is 1. The van der Waals surface area contributed by atoms with E-state index in [0.717, 1.165) is 10.0 Å². The second kappa shape index (κ2) is 9.97. The van der Waals surface area contributed by atoms with Gasteiger partial charge in [0.2, 0.25) is 11.8 Å². The third-order valence-electron chi connectivity index (χ3n) is 3.94. The molecule has 0 atom stereocenters. The number of anilines is 1. The highest BCUT2D eigenvalue weighted by molar-refractivity contribution is 9.10. The molecule has 2 aromatic carbocycles. The molecule has 5 nitrogen and oxygen atoms in total. The van der Waals surface area contributed by atoms with Crippen LogP contribution in [0, 0.1) is 0 Å². The normalized spacial score (nSPS) is 10.3. The Morgan fingerprint density at radius 1 is 1.15 bits per heavy atom. The van der Waals surface area contributed by atoms with Crippen molar-refractivity contribution in [3.05, 3.63) is 58.6 Å². The third kappa shape index (κ3) is 6.19. The second-order valence-corrected chi connectivity index (χ2v) is 6.73. The van der Waals surface area contributed by atoms with Crippen molar-refractivity contribution in [2.75, 3.05) is 25.5 Å². The van der Waals surface area contributed by atoms with Gasteiger partial charge in [0.1, 0.15) is 5.75 Å². The number of rotatable bonds is 8. The molecule has 2 aromatic rings. The first-order valence-electron chi connectivity index (χ1n) is 8.48. The Labute approximate surface area is 162 Å². The minimum atomic E-state index is -0.226. The fourth-order valence-corrected chi connectivity index (χ4v) is 3.00. The summed E-state index contributed by atoms with van der Waals surface area (Å²) >= 11 is 3.43. The van der Waals surface area contributed by atoms with Crippen LogP contribution in [0.5, 0.6) is 5.75 Å². The molecule has 0 saturated heterocycles. The lowest BCUT2D eigenvalue weighted by Gasteiger charge is -2.20. The van der Waals surface area contributed by atoms with E-state index in [1.807, 2.05) is 31.2 Å². The lowest BCUT2D eigenvalue weighted by Crippen LogP contribution is -2.38.